The monoisotopic (exact) mass is 370 g/mol. The summed E-state index contributed by atoms with van der Waals surface area (Å²) in [5, 5.41) is 9.62. The number of ether oxygens (including phenoxy) is 1. The number of rotatable bonds is 4. The van der Waals surface area contributed by atoms with E-state index >= 15 is 0 Å². The van der Waals surface area contributed by atoms with Crippen LogP contribution in [0.3, 0.4) is 0 Å². The van der Waals surface area contributed by atoms with Crippen molar-refractivity contribution in [2.75, 3.05) is 6.61 Å². The van der Waals surface area contributed by atoms with E-state index in [1.807, 2.05) is 6.92 Å². The Morgan fingerprint density at radius 3 is 2.04 bits per heavy atom. The molecule has 0 bridgehead atoms. The molecule has 1 saturated carbocycles. The van der Waals surface area contributed by atoms with Gasteiger partial charge in [-0.25, -0.2) is 0 Å². The molecule has 2 heterocycles. The SMILES string of the molecule is CCCC(=O)C1C2O[C@H](CO)[C@@H]3O[Si](C(C)(C)C)(C(C)(C)C)O[C@@H]3[C@H]21. The van der Waals surface area contributed by atoms with Crippen LogP contribution in [0.5, 0.6) is 0 Å². The minimum absolute atomic E-state index is 0.0858. The average molecular weight is 371 g/mol. The van der Waals surface area contributed by atoms with Crippen molar-refractivity contribution in [2.45, 2.75) is 95.8 Å². The second-order valence-corrected chi connectivity index (χ2v) is 14.6. The van der Waals surface area contributed by atoms with Crippen LogP contribution in [0.1, 0.15) is 61.3 Å². The molecule has 5 nitrogen and oxygen atoms in total. The summed E-state index contributed by atoms with van der Waals surface area (Å²) in [6.07, 6.45) is 0.536. The molecule has 2 aliphatic heterocycles. The molecule has 0 aromatic rings. The molecule has 2 saturated heterocycles. The predicted octanol–water partition coefficient (Wildman–Crippen LogP) is 3.19. The maximum Gasteiger partial charge on any atom is 0.350 e. The zero-order valence-electron chi connectivity index (χ0n) is 16.7. The molecular weight excluding hydrogens is 336 g/mol. The van der Waals surface area contributed by atoms with Crippen molar-refractivity contribution in [3.63, 3.8) is 0 Å². The van der Waals surface area contributed by atoms with Crippen molar-refractivity contribution in [3.8, 4) is 0 Å². The molecule has 0 aromatic carbocycles. The van der Waals surface area contributed by atoms with Crippen molar-refractivity contribution in [3.05, 3.63) is 0 Å². The molecule has 0 spiro atoms. The van der Waals surface area contributed by atoms with Gasteiger partial charge in [-0.1, -0.05) is 48.5 Å². The van der Waals surface area contributed by atoms with Crippen molar-refractivity contribution < 1.29 is 23.5 Å². The molecule has 0 amide bonds. The molecule has 1 aliphatic carbocycles. The Labute approximate surface area is 152 Å². The fourth-order valence-corrected chi connectivity index (χ4v) is 10.1. The highest BCUT2D eigenvalue weighted by Gasteiger charge is 2.74. The summed E-state index contributed by atoms with van der Waals surface area (Å²) >= 11 is 0. The lowest BCUT2D eigenvalue weighted by Crippen LogP contribution is -2.54. The zero-order valence-corrected chi connectivity index (χ0v) is 17.7. The van der Waals surface area contributed by atoms with Crippen LogP contribution in [-0.2, 0) is 18.4 Å². The topological polar surface area (TPSA) is 65.0 Å². The van der Waals surface area contributed by atoms with E-state index in [2.05, 4.69) is 41.5 Å². The number of aliphatic hydroxyl groups excluding tert-OH is 1. The Morgan fingerprint density at radius 2 is 1.56 bits per heavy atom. The van der Waals surface area contributed by atoms with Gasteiger partial charge in [0.1, 0.15) is 18.0 Å². The number of ketones is 1. The summed E-state index contributed by atoms with van der Waals surface area (Å²) in [5.74, 6) is 0.271. The summed E-state index contributed by atoms with van der Waals surface area (Å²) in [6, 6.07) is 0. The highest BCUT2D eigenvalue weighted by molar-refractivity contribution is 6.74. The van der Waals surface area contributed by atoms with Gasteiger partial charge < -0.3 is 18.7 Å². The Bertz CT molecular complexity index is 521. The predicted molar refractivity (Wildman–Crippen MR) is 97.6 cm³/mol. The Morgan fingerprint density at radius 1 is 1.00 bits per heavy atom. The first-order chi connectivity index (χ1) is 11.5. The van der Waals surface area contributed by atoms with Crippen LogP contribution in [0.15, 0.2) is 0 Å². The minimum atomic E-state index is -2.62. The fourth-order valence-electron chi connectivity index (χ4n) is 5.07. The van der Waals surface area contributed by atoms with Gasteiger partial charge in [0.15, 0.2) is 0 Å². The van der Waals surface area contributed by atoms with E-state index in [1.165, 1.54) is 0 Å². The van der Waals surface area contributed by atoms with E-state index in [9.17, 15) is 9.90 Å². The normalized spacial score (nSPS) is 39.7. The maximum absolute atomic E-state index is 12.5. The van der Waals surface area contributed by atoms with E-state index in [4.69, 9.17) is 13.6 Å². The Kier molecular flexibility index (Phi) is 4.78. The second kappa shape index (κ2) is 6.13. The third-order valence-corrected chi connectivity index (χ3v) is 11.2. The van der Waals surface area contributed by atoms with Gasteiger partial charge in [0, 0.05) is 22.4 Å². The smallest absolute Gasteiger partial charge is 0.350 e. The summed E-state index contributed by atoms with van der Waals surface area (Å²) in [4.78, 5) is 12.5. The molecule has 3 fully saturated rings. The van der Waals surface area contributed by atoms with Crippen LogP contribution in [0.2, 0.25) is 10.1 Å². The van der Waals surface area contributed by atoms with Crippen molar-refractivity contribution in [1.82, 2.24) is 0 Å². The van der Waals surface area contributed by atoms with E-state index in [0.29, 0.717) is 6.42 Å². The van der Waals surface area contributed by atoms with Gasteiger partial charge >= 0.3 is 8.56 Å². The van der Waals surface area contributed by atoms with Crippen LogP contribution in [-0.4, -0.2) is 50.5 Å². The quantitative estimate of drug-likeness (QED) is 0.770. The average Bonchev–Trinajstić information content (AvgIpc) is 3.03. The molecule has 2 unspecified atom stereocenters. The Balaban J connectivity index is 1.93. The second-order valence-electron chi connectivity index (χ2n) is 9.92. The number of hydrogen-bond acceptors (Lipinski definition) is 5. The lowest BCUT2D eigenvalue weighted by Gasteiger charge is -2.45. The third kappa shape index (κ3) is 2.85. The van der Waals surface area contributed by atoms with Gasteiger partial charge in [-0.3, -0.25) is 4.79 Å². The number of carbonyl (C=O) groups is 1. The van der Waals surface area contributed by atoms with Crippen molar-refractivity contribution >= 4 is 14.3 Å². The molecule has 0 aromatic heterocycles. The van der Waals surface area contributed by atoms with Crippen molar-refractivity contribution in [2.24, 2.45) is 11.8 Å². The van der Waals surface area contributed by atoms with Gasteiger partial charge in [0.2, 0.25) is 0 Å². The highest BCUT2D eigenvalue weighted by Crippen LogP contribution is 2.62. The van der Waals surface area contributed by atoms with Gasteiger partial charge in [0.25, 0.3) is 0 Å². The molecule has 0 radical (unpaired) electrons. The third-order valence-electron chi connectivity index (χ3n) is 6.04. The molecule has 144 valence electrons. The molecule has 3 rings (SSSR count). The van der Waals surface area contributed by atoms with E-state index in [0.717, 1.165) is 6.42 Å². The lowest BCUT2D eigenvalue weighted by molar-refractivity contribution is -0.123. The molecule has 6 atom stereocenters. The first-order valence-corrected chi connectivity index (χ1v) is 11.4. The van der Waals surface area contributed by atoms with Gasteiger partial charge in [0.05, 0.1) is 24.7 Å². The molecular formula is C19H34O5Si. The number of carbonyl (C=O) groups excluding carboxylic acids is 1. The number of fused-ring (bicyclic) bond motifs is 3. The van der Waals surface area contributed by atoms with Gasteiger partial charge in [-0.05, 0) is 6.42 Å². The molecule has 3 aliphatic rings. The maximum atomic E-state index is 12.5. The van der Waals surface area contributed by atoms with Gasteiger partial charge in [-0.2, -0.15) is 0 Å². The summed E-state index contributed by atoms with van der Waals surface area (Å²) in [5.41, 5.74) is 0. The summed E-state index contributed by atoms with van der Waals surface area (Å²) < 4.78 is 19.6. The van der Waals surface area contributed by atoms with Crippen molar-refractivity contribution in [1.29, 1.82) is 0 Å². The summed E-state index contributed by atoms with van der Waals surface area (Å²) in [7, 11) is -2.62. The van der Waals surface area contributed by atoms with Crippen LogP contribution < -0.4 is 0 Å². The number of hydrogen-bond donors (Lipinski definition) is 1. The van der Waals surface area contributed by atoms with Crippen LogP contribution in [0, 0.1) is 11.8 Å². The largest absolute Gasteiger partial charge is 0.394 e. The molecule has 25 heavy (non-hydrogen) atoms. The van der Waals surface area contributed by atoms with E-state index in [1.54, 1.807) is 0 Å². The van der Waals surface area contributed by atoms with Crippen LogP contribution in [0.25, 0.3) is 0 Å². The first kappa shape index (κ1) is 19.5. The summed E-state index contributed by atoms with van der Waals surface area (Å²) in [6.45, 7) is 15.0. The molecule has 1 N–H and O–H groups in total. The molecule has 6 heteroatoms. The first-order valence-electron chi connectivity index (χ1n) is 9.63. The standard InChI is InChI=1S/C19H34O5Si/c1-8-9-11(21)13-14-16(13)22-12(10-20)15-17(14)24-25(23-15,18(2,3)4)19(5,6)7/h12-17,20H,8-10H2,1-7H3/t12-,13?,14+,15+,16?,17-/m1/s1. The number of Topliss-reactive ketones (excluding diaryl/α,β-unsaturated/α-hetero) is 1. The van der Waals surface area contributed by atoms with Gasteiger partial charge in [-0.15, -0.1) is 0 Å². The number of aliphatic hydroxyl groups is 1. The van der Waals surface area contributed by atoms with Crippen LogP contribution in [0.4, 0.5) is 0 Å². The van der Waals surface area contributed by atoms with E-state index < -0.39 is 14.7 Å². The lowest BCUT2D eigenvalue weighted by atomic mass is 10.00. The van der Waals surface area contributed by atoms with Crippen LogP contribution >= 0.6 is 0 Å². The van der Waals surface area contributed by atoms with E-state index in [-0.39, 0.29) is 52.6 Å². The fraction of sp³-hybridized carbons (Fsp3) is 0.947. The Hall–Kier alpha value is -0.273. The highest BCUT2D eigenvalue weighted by atomic mass is 28.4. The minimum Gasteiger partial charge on any atom is -0.394 e. The zero-order chi connectivity index (χ0) is 18.8.